The molecule has 1 aromatic heterocycles. The van der Waals surface area contributed by atoms with Gasteiger partial charge in [0.05, 0.1) is 18.3 Å². The molecule has 1 heterocycles. The van der Waals surface area contributed by atoms with Gasteiger partial charge in [-0.3, -0.25) is 4.79 Å². The first-order valence-electron chi connectivity index (χ1n) is 8.06. The standard InChI is InChI=1S/C18H24N2O3S/c1-13(2)5-4-8-19-18(21)14-6-7-16(17(9-14)22-3)23-10-15-11-24-12-20-15/h6-7,9,11-13H,4-5,8,10H2,1-3H3,(H,19,21). The van der Waals surface area contributed by atoms with Gasteiger partial charge in [0.2, 0.25) is 0 Å². The molecule has 0 spiro atoms. The Labute approximate surface area is 147 Å². The number of hydrogen-bond acceptors (Lipinski definition) is 5. The van der Waals surface area contributed by atoms with E-state index in [-0.39, 0.29) is 5.91 Å². The van der Waals surface area contributed by atoms with Gasteiger partial charge >= 0.3 is 0 Å². The Kier molecular flexibility index (Phi) is 7.06. The van der Waals surface area contributed by atoms with E-state index in [0.29, 0.717) is 36.1 Å². The maximum absolute atomic E-state index is 12.2. The Balaban J connectivity index is 1.93. The molecular formula is C18H24N2O3S. The highest BCUT2D eigenvalue weighted by Gasteiger charge is 2.11. The van der Waals surface area contributed by atoms with Gasteiger partial charge < -0.3 is 14.8 Å². The Morgan fingerprint density at radius 1 is 1.33 bits per heavy atom. The van der Waals surface area contributed by atoms with E-state index in [9.17, 15) is 4.79 Å². The molecular weight excluding hydrogens is 324 g/mol. The van der Waals surface area contributed by atoms with E-state index in [1.54, 1.807) is 30.8 Å². The predicted molar refractivity (Wildman–Crippen MR) is 95.8 cm³/mol. The van der Waals surface area contributed by atoms with E-state index < -0.39 is 0 Å². The second-order valence-electron chi connectivity index (χ2n) is 5.93. The van der Waals surface area contributed by atoms with Gasteiger partial charge in [-0.25, -0.2) is 4.98 Å². The average Bonchev–Trinajstić information content (AvgIpc) is 3.09. The summed E-state index contributed by atoms with van der Waals surface area (Å²) in [5.41, 5.74) is 3.20. The molecule has 2 rings (SSSR count). The molecule has 0 radical (unpaired) electrons. The molecule has 24 heavy (non-hydrogen) atoms. The summed E-state index contributed by atoms with van der Waals surface area (Å²) in [4.78, 5) is 16.4. The number of ether oxygens (including phenoxy) is 2. The highest BCUT2D eigenvalue weighted by atomic mass is 32.1. The number of carbonyl (C=O) groups excluding carboxylic acids is 1. The van der Waals surface area contributed by atoms with Gasteiger partial charge in [-0.1, -0.05) is 13.8 Å². The van der Waals surface area contributed by atoms with E-state index >= 15 is 0 Å². The number of thiazole rings is 1. The van der Waals surface area contributed by atoms with E-state index in [1.165, 1.54) is 11.3 Å². The molecule has 130 valence electrons. The zero-order chi connectivity index (χ0) is 17.4. The smallest absolute Gasteiger partial charge is 0.251 e. The monoisotopic (exact) mass is 348 g/mol. The third kappa shape index (κ3) is 5.53. The SMILES string of the molecule is COc1cc(C(=O)NCCCC(C)C)ccc1OCc1cscn1. The number of nitrogens with one attached hydrogen (secondary N) is 1. The van der Waals surface area contributed by atoms with Gasteiger partial charge in [-0.15, -0.1) is 11.3 Å². The minimum atomic E-state index is -0.0943. The van der Waals surface area contributed by atoms with Crippen molar-refractivity contribution >= 4 is 17.2 Å². The summed E-state index contributed by atoms with van der Waals surface area (Å²) >= 11 is 1.53. The van der Waals surface area contributed by atoms with Gasteiger partial charge in [0.1, 0.15) is 6.61 Å². The second-order valence-corrected chi connectivity index (χ2v) is 6.64. The minimum Gasteiger partial charge on any atom is -0.493 e. The van der Waals surface area contributed by atoms with Crippen LogP contribution in [-0.4, -0.2) is 24.5 Å². The lowest BCUT2D eigenvalue weighted by Crippen LogP contribution is -2.24. The fourth-order valence-electron chi connectivity index (χ4n) is 2.20. The van der Waals surface area contributed by atoms with Crippen molar-refractivity contribution in [3.05, 3.63) is 40.3 Å². The fourth-order valence-corrected chi connectivity index (χ4v) is 2.75. The molecule has 1 N–H and O–H groups in total. The summed E-state index contributed by atoms with van der Waals surface area (Å²) in [7, 11) is 1.56. The van der Waals surface area contributed by atoms with Gasteiger partial charge in [0.15, 0.2) is 11.5 Å². The normalized spacial score (nSPS) is 10.7. The van der Waals surface area contributed by atoms with Crippen molar-refractivity contribution < 1.29 is 14.3 Å². The third-order valence-corrected chi connectivity index (χ3v) is 4.16. The fraction of sp³-hybridized carbons (Fsp3) is 0.444. The first-order chi connectivity index (χ1) is 11.6. The van der Waals surface area contributed by atoms with Crippen LogP contribution in [0.25, 0.3) is 0 Å². The molecule has 0 aliphatic heterocycles. The highest BCUT2D eigenvalue weighted by molar-refractivity contribution is 7.07. The summed E-state index contributed by atoms with van der Waals surface area (Å²) in [5.74, 6) is 1.70. The van der Waals surface area contributed by atoms with Gasteiger partial charge in [-0.2, -0.15) is 0 Å². The summed E-state index contributed by atoms with van der Waals surface area (Å²) < 4.78 is 11.1. The Morgan fingerprint density at radius 3 is 2.83 bits per heavy atom. The van der Waals surface area contributed by atoms with Gasteiger partial charge in [0, 0.05) is 17.5 Å². The van der Waals surface area contributed by atoms with Crippen LogP contribution in [-0.2, 0) is 6.61 Å². The Morgan fingerprint density at radius 2 is 2.17 bits per heavy atom. The molecule has 0 unspecified atom stereocenters. The van der Waals surface area contributed by atoms with Crippen LogP contribution in [0.5, 0.6) is 11.5 Å². The summed E-state index contributed by atoms with van der Waals surface area (Å²) in [5, 5.41) is 4.87. The Hall–Kier alpha value is -2.08. The lowest BCUT2D eigenvalue weighted by atomic mass is 10.1. The molecule has 5 nitrogen and oxygen atoms in total. The van der Waals surface area contributed by atoms with Crippen molar-refractivity contribution in [1.29, 1.82) is 0 Å². The first kappa shape index (κ1) is 18.3. The quantitative estimate of drug-likeness (QED) is 0.698. The summed E-state index contributed by atoms with van der Waals surface area (Å²) in [6.07, 6.45) is 2.09. The summed E-state index contributed by atoms with van der Waals surface area (Å²) in [6, 6.07) is 5.21. The number of amides is 1. The van der Waals surface area contributed by atoms with Crippen LogP contribution in [0.3, 0.4) is 0 Å². The number of benzene rings is 1. The number of nitrogens with zero attached hydrogens (tertiary/aromatic N) is 1. The lowest BCUT2D eigenvalue weighted by Gasteiger charge is -2.12. The molecule has 0 bridgehead atoms. The molecule has 1 amide bonds. The number of rotatable bonds is 9. The van der Waals surface area contributed by atoms with Crippen LogP contribution < -0.4 is 14.8 Å². The van der Waals surface area contributed by atoms with Gasteiger partial charge in [-0.05, 0) is 37.0 Å². The zero-order valence-corrected chi connectivity index (χ0v) is 15.2. The van der Waals surface area contributed by atoms with Gasteiger partial charge in [0.25, 0.3) is 5.91 Å². The van der Waals surface area contributed by atoms with Crippen molar-refractivity contribution in [3.8, 4) is 11.5 Å². The molecule has 0 saturated heterocycles. The maximum atomic E-state index is 12.2. The molecule has 2 aromatic rings. The van der Waals surface area contributed by atoms with Crippen LogP contribution in [0, 0.1) is 5.92 Å². The number of hydrogen-bond donors (Lipinski definition) is 1. The average molecular weight is 348 g/mol. The van der Waals surface area contributed by atoms with Crippen LogP contribution in [0.2, 0.25) is 0 Å². The number of aromatic nitrogens is 1. The third-order valence-electron chi connectivity index (χ3n) is 3.53. The molecule has 0 aliphatic carbocycles. The molecule has 0 saturated carbocycles. The van der Waals surface area contributed by atoms with E-state index in [4.69, 9.17) is 9.47 Å². The summed E-state index contributed by atoms with van der Waals surface area (Å²) in [6.45, 7) is 5.41. The Bertz CT molecular complexity index is 642. The van der Waals surface area contributed by atoms with E-state index in [0.717, 1.165) is 18.5 Å². The largest absolute Gasteiger partial charge is 0.493 e. The topological polar surface area (TPSA) is 60.5 Å². The maximum Gasteiger partial charge on any atom is 0.251 e. The van der Waals surface area contributed by atoms with Crippen molar-refractivity contribution in [2.24, 2.45) is 5.92 Å². The van der Waals surface area contributed by atoms with E-state index in [1.807, 2.05) is 5.38 Å². The lowest BCUT2D eigenvalue weighted by molar-refractivity contribution is 0.0952. The van der Waals surface area contributed by atoms with Crippen LogP contribution in [0.15, 0.2) is 29.1 Å². The second kappa shape index (κ2) is 9.27. The molecule has 0 fully saturated rings. The minimum absolute atomic E-state index is 0.0943. The zero-order valence-electron chi connectivity index (χ0n) is 14.4. The van der Waals surface area contributed by atoms with Crippen LogP contribution in [0.1, 0.15) is 42.7 Å². The van der Waals surface area contributed by atoms with Crippen molar-refractivity contribution in [1.82, 2.24) is 10.3 Å². The number of methoxy groups -OCH3 is 1. The highest BCUT2D eigenvalue weighted by Crippen LogP contribution is 2.28. The van der Waals surface area contributed by atoms with Crippen molar-refractivity contribution in [2.45, 2.75) is 33.3 Å². The van der Waals surface area contributed by atoms with Crippen LogP contribution >= 0.6 is 11.3 Å². The molecule has 6 heteroatoms. The predicted octanol–water partition coefficient (Wildman–Crippen LogP) is 3.90. The van der Waals surface area contributed by atoms with E-state index in [2.05, 4.69) is 24.1 Å². The van der Waals surface area contributed by atoms with Crippen molar-refractivity contribution in [2.75, 3.05) is 13.7 Å². The number of carbonyl (C=O) groups is 1. The molecule has 0 atom stereocenters. The first-order valence-corrected chi connectivity index (χ1v) is 9.00. The molecule has 0 aliphatic rings. The molecule has 1 aromatic carbocycles. The van der Waals surface area contributed by atoms with Crippen LogP contribution in [0.4, 0.5) is 0 Å². The van der Waals surface area contributed by atoms with Crippen molar-refractivity contribution in [3.63, 3.8) is 0 Å².